The highest BCUT2D eigenvalue weighted by molar-refractivity contribution is 8.40. The van der Waals surface area contributed by atoms with Gasteiger partial charge in [0.05, 0.1) is 27.8 Å². The summed E-state index contributed by atoms with van der Waals surface area (Å²) >= 11 is 0. The number of rotatable bonds is 5. The second-order valence-electron chi connectivity index (χ2n) is 4.17. The van der Waals surface area contributed by atoms with Crippen molar-refractivity contribution in [1.82, 2.24) is 0 Å². The van der Waals surface area contributed by atoms with E-state index in [-0.39, 0.29) is 11.9 Å². The summed E-state index contributed by atoms with van der Waals surface area (Å²) in [4.78, 5) is 12.1. The summed E-state index contributed by atoms with van der Waals surface area (Å²) in [5, 5.41) is 17.9. The minimum absolute atomic E-state index is 0.237. The van der Waals surface area contributed by atoms with E-state index in [1.54, 1.807) is 12.5 Å². The molecule has 3 unspecified atom stereocenters. The molecule has 0 N–H and O–H groups in total. The number of nitrogens with zero attached hydrogens (tertiary/aromatic N) is 4. The zero-order chi connectivity index (χ0) is 13.8. The monoisotopic (exact) mass is 302 g/mol. The molecule has 2 aliphatic heterocycles. The van der Waals surface area contributed by atoms with Crippen molar-refractivity contribution in [2.24, 2.45) is 26.3 Å². The summed E-state index contributed by atoms with van der Waals surface area (Å²) in [6, 6.07) is 0. The van der Waals surface area contributed by atoms with Crippen molar-refractivity contribution in [2.75, 3.05) is 19.1 Å². The van der Waals surface area contributed by atoms with Crippen LogP contribution in [0, 0.1) is 5.92 Å². The molecular formula is C11H18N4O2S2. The maximum atomic E-state index is 12.1. The SMILES string of the molecule is CCOC(=O)C(CC1=NN=C[SH]1C)C1=NN=C[SH]1C. The van der Waals surface area contributed by atoms with Crippen LogP contribution in [0.3, 0.4) is 0 Å². The Morgan fingerprint density at radius 2 is 1.95 bits per heavy atom. The first-order valence-electron chi connectivity index (χ1n) is 5.96. The molecule has 0 aromatic carbocycles. The first-order chi connectivity index (χ1) is 9.13. The Balaban J connectivity index is 2.13. The summed E-state index contributed by atoms with van der Waals surface area (Å²) in [7, 11) is -1.04. The Hall–Kier alpha value is -1.15. The number of esters is 1. The topological polar surface area (TPSA) is 75.7 Å². The maximum Gasteiger partial charge on any atom is 0.316 e. The van der Waals surface area contributed by atoms with Crippen molar-refractivity contribution in [1.29, 1.82) is 0 Å². The van der Waals surface area contributed by atoms with Gasteiger partial charge in [0.1, 0.15) is 5.92 Å². The van der Waals surface area contributed by atoms with Gasteiger partial charge in [-0.2, -0.15) is 32.0 Å². The van der Waals surface area contributed by atoms with E-state index >= 15 is 0 Å². The predicted octanol–water partition coefficient (Wildman–Crippen LogP) is 1.53. The number of hydrogen-bond donors (Lipinski definition) is 2. The minimum Gasteiger partial charge on any atom is -0.465 e. The molecule has 2 rings (SSSR count). The van der Waals surface area contributed by atoms with E-state index in [1.807, 2.05) is 11.8 Å². The molecule has 0 saturated heterocycles. The van der Waals surface area contributed by atoms with Gasteiger partial charge in [0, 0.05) is 6.42 Å². The van der Waals surface area contributed by atoms with Crippen molar-refractivity contribution >= 4 is 48.9 Å². The van der Waals surface area contributed by atoms with Gasteiger partial charge in [0.25, 0.3) is 0 Å². The molecule has 0 amide bonds. The predicted molar refractivity (Wildman–Crippen MR) is 86.4 cm³/mol. The van der Waals surface area contributed by atoms with Crippen molar-refractivity contribution in [3.63, 3.8) is 0 Å². The quantitative estimate of drug-likeness (QED) is 0.597. The molecule has 106 valence electrons. The smallest absolute Gasteiger partial charge is 0.316 e. The summed E-state index contributed by atoms with van der Waals surface area (Å²) < 4.78 is 5.16. The molecule has 0 fully saturated rings. The van der Waals surface area contributed by atoms with Gasteiger partial charge in [-0.05, 0) is 19.4 Å². The number of thiol groups is 2. The molecule has 2 heterocycles. The Morgan fingerprint density at radius 1 is 1.26 bits per heavy atom. The van der Waals surface area contributed by atoms with Gasteiger partial charge < -0.3 is 4.74 Å². The zero-order valence-electron chi connectivity index (χ0n) is 11.1. The molecule has 0 bridgehead atoms. The lowest BCUT2D eigenvalue weighted by atomic mass is 10.1. The van der Waals surface area contributed by atoms with Crippen LogP contribution in [0.2, 0.25) is 0 Å². The molecule has 0 aliphatic carbocycles. The van der Waals surface area contributed by atoms with Crippen LogP contribution < -0.4 is 0 Å². The van der Waals surface area contributed by atoms with E-state index in [1.165, 1.54) is 0 Å². The fourth-order valence-electron chi connectivity index (χ4n) is 1.81. The van der Waals surface area contributed by atoms with Gasteiger partial charge in [-0.1, -0.05) is 0 Å². The van der Waals surface area contributed by atoms with Crippen molar-refractivity contribution in [3.8, 4) is 0 Å². The van der Waals surface area contributed by atoms with E-state index in [4.69, 9.17) is 4.74 Å². The average Bonchev–Trinajstić information content (AvgIpc) is 2.96. The second-order valence-corrected chi connectivity index (χ2v) is 8.05. The molecule has 6 nitrogen and oxygen atoms in total. The average molecular weight is 302 g/mol. The van der Waals surface area contributed by atoms with Crippen LogP contribution in [-0.4, -0.2) is 46.3 Å². The summed E-state index contributed by atoms with van der Waals surface area (Å²) in [5.74, 6) is -0.608. The molecule has 0 aromatic heterocycles. The van der Waals surface area contributed by atoms with Crippen LogP contribution in [0.5, 0.6) is 0 Å². The number of hydrogen-bond acceptors (Lipinski definition) is 6. The van der Waals surface area contributed by atoms with Gasteiger partial charge in [-0.25, -0.2) is 0 Å². The van der Waals surface area contributed by atoms with E-state index in [9.17, 15) is 4.79 Å². The summed E-state index contributed by atoms with van der Waals surface area (Å²) in [6.45, 7) is 2.18. The summed E-state index contributed by atoms with van der Waals surface area (Å²) in [5.41, 5.74) is 3.65. The molecule has 19 heavy (non-hydrogen) atoms. The van der Waals surface area contributed by atoms with Crippen molar-refractivity contribution in [3.05, 3.63) is 0 Å². The maximum absolute atomic E-state index is 12.1. The van der Waals surface area contributed by atoms with Gasteiger partial charge in [0.15, 0.2) is 0 Å². The van der Waals surface area contributed by atoms with E-state index in [0.717, 1.165) is 10.1 Å². The van der Waals surface area contributed by atoms with Gasteiger partial charge in [-0.15, -0.1) is 10.2 Å². The largest absolute Gasteiger partial charge is 0.465 e. The van der Waals surface area contributed by atoms with Crippen LogP contribution in [0.4, 0.5) is 0 Å². The van der Waals surface area contributed by atoms with Crippen LogP contribution in [-0.2, 0) is 9.53 Å². The lowest BCUT2D eigenvalue weighted by Gasteiger charge is -2.20. The van der Waals surface area contributed by atoms with E-state index in [0.29, 0.717) is 13.0 Å². The van der Waals surface area contributed by atoms with Crippen LogP contribution >= 0.6 is 21.8 Å². The normalized spacial score (nSPS) is 30.1. The highest BCUT2D eigenvalue weighted by atomic mass is 32.2. The molecule has 0 spiro atoms. The summed E-state index contributed by atoms with van der Waals surface area (Å²) in [6.07, 6.45) is 4.66. The van der Waals surface area contributed by atoms with E-state index < -0.39 is 21.8 Å². The van der Waals surface area contributed by atoms with Crippen LogP contribution in [0.1, 0.15) is 13.3 Å². The molecule has 0 saturated carbocycles. The lowest BCUT2D eigenvalue weighted by Crippen LogP contribution is -2.27. The number of ether oxygens (including phenoxy) is 1. The van der Waals surface area contributed by atoms with Crippen LogP contribution in [0.25, 0.3) is 0 Å². The Kier molecular flexibility index (Phi) is 4.76. The van der Waals surface area contributed by atoms with Gasteiger partial charge >= 0.3 is 5.97 Å². The number of carbonyl (C=O) groups is 1. The first kappa shape index (κ1) is 14.3. The highest BCUT2D eigenvalue weighted by Crippen LogP contribution is 2.35. The lowest BCUT2D eigenvalue weighted by molar-refractivity contribution is -0.145. The third-order valence-electron chi connectivity index (χ3n) is 2.82. The van der Waals surface area contributed by atoms with Gasteiger partial charge in [-0.3, -0.25) is 4.79 Å². The molecule has 0 aromatic rings. The van der Waals surface area contributed by atoms with Crippen molar-refractivity contribution < 1.29 is 9.53 Å². The van der Waals surface area contributed by atoms with Gasteiger partial charge in [0.2, 0.25) is 0 Å². The molecule has 0 radical (unpaired) electrons. The Labute approximate surface area is 117 Å². The molecule has 8 heteroatoms. The highest BCUT2D eigenvalue weighted by Gasteiger charge is 2.32. The fraction of sp³-hybridized carbons (Fsp3) is 0.545. The number of carbonyl (C=O) groups excluding carboxylic acids is 1. The molecule has 3 atom stereocenters. The first-order valence-corrected chi connectivity index (χ1v) is 9.68. The van der Waals surface area contributed by atoms with E-state index in [2.05, 4.69) is 26.7 Å². The third-order valence-corrected chi connectivity index (χ3v) is 5.93. The Bertz CT molecular complexity index is 487. The zero-order valence-corrected chi connectivity index (χ0v) is 12.9. The molecule has 2 aliphatic rings. The van der Waals surface area contributed by atoms with Crippen molar-refractivity contribution in [2.45, 2.75) is 13.3 Å². The Morgan fingerprint density at radius 3 is 2.47 bits per heavy atom. The third kappa shape index (κ3) is 3.24. The molecular weight excluding hydrogens is 284 g/mol. The fourth-order valence-corrected chi connectivity index (χ4v) is 4.01. The van der Waals surface area contributed by atoms with Crippen LogP contribution in [0.15, 0.2) is 20.4 Å². The minimum atomic E-state index is -0.577. The second kappa shape index (κ2) is 6.33. The standard InChI is InChI=1S/C11H18N4O2S2/c1-4-17-11(16)8(10-15-13-7-19(10)3)5-9-14-12-6-18(9)2/h6-8,18-19H,4-5H2,1-3H3.